The number of benzene rings is 3. The summed E-state index contributed by atoms with van der Waals surface area (Å²) in [4.78, 5) is 12.8. The highest BCUT2D eigenvalue weighted by molar-refractivity contribution is 5.92. The van der Waals surface area contributed by atoms with Gasteiger partial charge in [0.1, 0.15) is 0 Å². The van der Waals surface area contributed by atoms with Crippen LogP contribution in [0.2, 0.25) is 0 Å². The van der Waals surface area contributed by atoms with E-state index in [1.807, 2.05) is 27.3 Å². The number of nitrogens with zero attached hydrogens (tertiary/aromatic N) is 4. The molecule has 0 aliphatic rings. The van der Waals surface area contributed by atoms with Gasteiger partial charge in [0.25, 0.3) is 5.91 Å². The van der Waals surface area contributed by atoms with Crippen LogP contribution in [0, 0.1) is 19.3 Å². The number of amides is 1. The first-order chi connectivity index (χ1) is 18.0. The lowest BCUT2D eigenvalue weighted by atomic mass is 10.0. The standard InChI is InChI=1S/C30H30N6O/c1-21-9-13-23(14-10-21)18-25(19-32-29(37)26-6-5-17-33-34-26)36-28-8-4-3-7-27(28)35(30(36)31)20-24-15-11-22(2)12-16-24/h3-17,25,31H,18-20H2,1-2H3,(H,32,37)/t25-/m0/s1. The monoisotopic (exact) mass is 490 g/mol. The van der Waals surface area contributed by atoms with Gasteiger partial charge >= 0.3 is 0 Å². The maximum absolute atomic E-state index is 12.8. The van der Waals surface area contributed by atoms with E-state index in [1.54, 1.807) is 18.3 Å². The van der Waals surface area contributed by atoms with Gasteiger partial charge in [0.15, 0.2) is 5.69 Å². The second kappa shape index (κ2) is 10.6. The van der Waals surface area contributed by atoms with Gasteiger partial charge in [-0.2, -0.15) is 5.10 Å². The van der Waals surface area contributed by atoms with Crippen molar-refractivity contribution in [2.45, 2.75) is 32.9 Å². The number of carbonyl (C=O) groups is 1. The van der Waals surface area contributed by atoms with Gasteiger partial charge in [-0.25, -0.2) is 0 Å². The van der Waals surface area contributed by atoms with Crippen molar-refractivity contribution in [3.8, 4) is 0 Å². The SMILES string of the molecule is Cc1ccc(C[C@@H](CNC(=O)c2cccnn2)n2c(=N)n(Cc3ccc(C)cc3)c3ccccc32)cc1. The molecule has 0 spiro atoms. The Morgan fingerprint density at radius 2 is 1.51 bits per heavy atom. The van der Waals surface area contributed by atoms with Gasteiger partial charge in [-0.1, -0.05) is 71.8 Å². The number of aryl methyl sites for hydroxylation is 2. The fourth-order valence-electron chi connectivity index (χ4n) is 4.63. The van der Waals surface area contributed by atoms with Gasteiger partial charge in [-0.3, -0.25) is 10.2 Å². The highest BCUT2D eigenvalue weighted by Crippen LogP contribution is 2.22. The smallest absolute Gasteiger partial charge is 0.271 e. The molecule has 0 aliphatic heterocycles. The van der Waals surface area contributed by atoms with Crippen molar-refractivity contribution in [1.82, 2.24) is 24.6 Å². The summed E-state index contributed by atoms with van der Waals surface area (Å²) in [7, 11) is 0. The summed E-state index contributed by atoms with van der Waals surface area (Å²) in [6.07, 6.45) is 2.21. The largest absolute Gasteiger partial charge is 0.349 e. The van der Waals surface area contributed by atoms with E-state index in [2.05, 4.69) is 84.0 Å². The van der Waals surface area contributed by atoms with Gasteiger partial charge in [0.2, 0.25) is 5.62 Å². The molecular weight excluding hydrogens is 460 g/mol. The molecule has 0 fully saturated rings. The third-order valence-electron chi connectivity index (χ3n) is 6.64. The van der Waals surface area contributed by atoms with Gasteiger partial charge in [0, 0.05) is 12.7 Å². The molecular formula is C30H30N6O. The lowest BCUT2D eigenvalue weighted by Crippen LogP contribution is -2.37. The van der Waals surface area contributed by atoms with E-state index >= 15 is 0 Å². The van der Waals surface area contributed by atoms with E-state index in [-0.39, 0.29) is 17.6 Å². The summed E-state index contributed by atoms with van der Waals surface area (Å²) < 4.78 is 4.08. The second-order valence-electron chi connectivity index (χ2n) is 9.42. The Morgan fingerprint density at radius 3 is 2.16 bits per heavy atom. The molecule has 1 atom stereocenters. The predicted octanol–water partition coefficient (Wildman–Crippen LogP) is 4.59. The predicted molar refractivity (Wildman–Crippen MR) is 144 cm³/mol. The maximum atomic E-state index is 12.8. The van der Waals surface area contributed by atoms with Gasteiger partial charge in [-0.05, 0) is 55.7 Å². The Bertz CT molecular complexity index is 1570. The first-order valence-electron chi connectivity index (χ1n) is 12.4. The molecule has 1 amide bonds. The molecule has 186 valence electrons. The zero-order valence-corrected chi connectivity index (χ0v) is 21.1. The number of fused-ring (bicyclic) bond motifs is 1. The molecule has 2 aromatic heterocycles. The molecule has 5 rings (SSSR count). The average molecular weight is 491 g/mol. The molecule has 0 saturated carbocycles. The summed E-state index contributed by atoms with van der Waals surface area (Å²) in [5, 5.41) is 20.0. The van der Waals surface area contributed by atoms with Crippen LogP contribution < -0.4 is 10.9 Å². The van der Waals surface area contributed by atoms with Crippen LogP contribution in [0.4, 0.5) is 0 Å². The van der Waals surface area contributed by atoms with Crippen molar-refractivity contribution < 1.29 is 4.79 Å². The minimum absolute atomic E-state index is 0.181. The van der Waals surface area contributed by atoms with E-state index in [1.165, 1.54) is 11.1 Å². The highest BCUT2D eigenvalue weighted by Gasteiger charge is 2.21. The van der Waals surface area contributed by atoms with Crippen molar-refractivity contribution in [2.75, 3.05) is 6.54 Å². The number of nitrogens with one attached hydrogen (secondary N) is 2. The Labute approximate surface area is 215 Å². The van der Waals surface area contributed by atoms with Crippen LogP contribution >= 0.6 is 0 Å². The van der Waals surface area contributed by atoms with E-state index < -0.39 is 0 Å². The first kappa shape index (κ1) is 24.2. The summed E-state index contributed by atoms with van der Waals surface area (Å²) >= 11 is 0. The fourth-order valence-corrected chi connectivity index (χ4v) is 4.63. The van der Waals surface area contributed by atoms with Gasteiger partial charge in [0.05, 0.1) is 23.6 Å². The highest BCUT2D eigenvalue weighted by atomic mass is 16.1. The normalized spacial score (nSPS) is 11.9. The Balaban J connectivity index is 1.54. The van der Waals surface area contributed by atoms with Crippen LogP contribution in [0.25, 0.3) is 11.0 Å². The molecule has 0 saturated heterocycles. The molecule has 0 bridgehead atoms. The quantitative estimate of drug-likeness (QED) is 0.333. The molecule has 3 aromatic carbocycles. The third-order valence-corrected chi connectivity index (χ3v) is 6.64. The number of hydrogen-bond donors (Lipinski definition) is 2. The minimum atomic E-state index is -0.280. The number of aromatic nitrogens is 4. The Morgan fingerprint density at radius 1 is 0.865 bits per heavy atom. The minimum Gasteiger partial charge on any atom is -0.349 e. The summed E-state index contributed by atoms with van der Waals surface area (Å²) in [6.45, 7) is 5.08. The molecule has 2 heterocycles. The van der Waals surface area contributed by atoms with Gasteiger partial charge < -0.3 is 14.5 Å². The van der Waals surface area contributed by atoms with E-state index in [9.17, 15) is 10.2 Å². The first-order valence-corrected chi connectivity index (χ1v) is 12.4. The van der Waals surface area contributed by atoms with Crippen LogP contribution in [0.5, 0.6) is 0 Å². The topological polar surface area (TPSA) is 88.6 Å². The zero-order valence-electron chi connectivity index (χ0n) is 21.1. The molecule has 5 aromatic rings. The van der Waals surface area contributed by atoms with Crippen molar-refractivity contribution in [1.29, 1.82) is 5.41 Å². The maximum Gasteiger partial charge on any atom is 0.271 e. The Kier molecular flexibility index (Phi) is 6.94. The van der Waals surface area contributed by atoms with Crippen LogP contribution in [-0.2, 0) is 13.0 Å². The van der Waals surface area contributed by atoms with E-state index in [4.69, 9.17) is 0 Å². The van der Waals surface area contributed by atoms with Crippen molar-refractivity contribution in [3.05, 3.63) is 125 Å². The second-order valence-corrected chi connectivity index (χ2v) is 9.42. The molecule has 0 radical (unpaired) electrons. The zero-order chi connectivity index (χ0) is 25.8. The van der Waals surface area contributed by atoms with E-state index in [0.717, 1.165) is 22.2 Å². The average Bonchev–Trinajstić information content (AvgIpc) is 3.20. The van der Waals surface area contributed by atoms with Crippen molar-refractivity contribution in [3.63, 3.8) is 0 Å². The van der Waals surface area contributed by atoms with Crippen molar-refractivity contribution >= 4 is 16.9 Å². The third kappa shape index (κ3) is 5.35. The van der Waals surface area contributed by atoms with Gasteiger partial charge in [-0.15, -0.1) is 5.10 Å². The number of rotatable bonds is 8. The molecule has 0 unspecified atom stereocenters. The fraction of sp³-hybridized carbons (Fsp3) is 0.200. The number of imidazole rings is 1. The molecule has 37 heavy (non-hydrogen) atoms. The van der Waals surface area contributed by atoms with Crippen LogP contribution in [-0.4, -0.2) is 31.8 Å². The lowest BCUT2D eigenvalue weighted by Gasteiger charge is -2.21. The van der Waals surface area contributed by atoms with E-state index in [0.29, 0.717) is 25.1 Å². The summed E-state index contributed by atoms with van der Waals surface area (Å²) in [6, 6.07) is 28.1. The molecule has 2 N–H and O–H groups in total. The Hall–Kier alpha value is -4.52. The van der Waals surface area contributed by atoms with Crippen LogP contribution in [0.1, 0.15) is 38.8 Å². The van der Waals surface area contributed by atoms with Crippen LogP contribution in [0.15, 0.2) is 91.1 Å². The van der Waals surface area contributed by atoms with Crippen molar-refractivity contribution in [2.24, 2.45) is 0 Å². The van der Waals surface area contributed by atoms with Crippen LogP contribution in [0.3, 0.4) is 0 Å². The number of carbonyl (C=O) groups excluding carboxylic acids is 1. The lowest BCUT2D eigenvalue weighted by molar-refractivity contribution is 0.0941. The molecule has 0 aliphatic carbocycles. The molecule has 7 heteroatoms. The number of hydrogen-bond acceptors (Lipinski definition) is 4. The number of para-hydroxylation sites is 2. The summed E-state index contributed by atoms with van der Waals surface area (Å²) in [5.41, 5.74) is 7.30. The summed E-state index contributed by atoms with van der Waals surface area (Å²) in [5.74, 6) is -0.280. The molecule has 7 nitrogen and oxygen atoms in total.